The Kier molecular flexibility index (Phi) is 9.63. The van der Waals surface area contributed by atoms with Crippen LogP contribution in [0.15, 0.2) is 36.5 Å². The maximum Gasteiger partial charge on any atom is 0.259 e. The molecule has 0 spiro atoms. The number of ether oxygens (including phenoxy) is 1. The lowest BCUT2D eigenvalue weighted by atomic mass is 10.0. The molecule has 1 N–H and O–H groups in total. The van der Waals surface area contributed by atoms with Crippen LogP contribution >= 0.6 is 48.0 Å². The Balaban J connectivity index is 0.00000182. The highest BCUT2D eigenvalue weighted by molar-refractivity contribution is 6.35. The van der Waals surface area contributed by atoms with Gasteiger partial charge in [-0.15, -0.1) is 24.8 Å². The van der Waals surface area contributed by atoms with Crippen molar-refractivity contribution in [1.82, 2.24) is 15.2 Å². The number of hydrogen-bond acceptors (Lipinski definition) is 4. The lowest BCUT2D eigenvalue weighted by molar-refractivity contribution is 0.0695. The first-order chi connectivity index (χ1) is 12.1. The number of likely N-dealkylation sites (tertiary alicyclic amines) is 1. The number of likely N-dealkylation sites (N-methyl/N-ethyl adjacent to an activating group) is 1. The van der Waals surface area contributed by atoms with Gasteiger partial charge in [0, 0.05) is 30.4 Å². The number of hydrogen-bond donors (Lipinski definition) is 1. The highest BCUT2D eigenvalue weighted by Crippen LogP contribution is 2.32. The Morgan fingerprint density at radius 3 is 2.78 bits per heavy atom. The first-order valence-electron chi connectivity index (χ1n) is 8.13. The number of rotatable bonds is 4. The molecule has 1 atom stereocenters. The summed E-state index contributed by atoms with van der Waals surface area (Å²) in [5.41, 5.74) is 0.422. The molecule has 0 radical (unpaired) electrons. The maximum absolute atomic E-state index is 12.9. The molecule has 2 heterocycles. The van der Waals surface area contributed by atoms with E-state index in [4.69, 9.17) is 27.9 Å². The van der Waals surface area contributed by atoms with Gasteiger partial charge in [0.25, 0.3) is 5.91 Å². The number of carbonyl (C=O) groups is 1. The van der Waals surface area contributed by atoms with Gasteiger partial charge >= 0.3 is 0 Å². The van der Waals surface area contributed by atoms with Crippen LogP contribution in [0.4, 0.5) is 0 Å². The van der Waals surface area contributed by atoms with E-state index in [1.165, 1.54) is 0 Å². The van der Waals surface area contributed by atoms with Gasteiger partial charge in [0.1, 0.15) is 11.3 Å². The smallest absolute Gasteiger partial charge is 0.259 e. The molecule has 1 amide bonds. The number of piperidine rings is 1. The third kappa shape index (κ3) is 5.87. The average Bonchev–Trinajstić information content (AvgIpc) is 2.64. The summed E-state index contributed by atoms with van der Waals surface area (Å²) < 4.78 is 5.80. The number of nitrogens with zero attached hydrogens (tertiary/aromatic N) is 2. The monoisotopic (exact) mass is 451 g/mol. The molecule has 1 saturated heterocycles. The van der Waals surface area contributed by atoms with Gasteiger partial charge in [-0.25, -0.2) is 4.98 Å². The molecule has 1 aromatic heterocycles. The van der Waals surface area contributed by atoms with Crippen LogP contribution in [0.25, 0.3) is 0 Å². The molecule has 3 rings (SSSR count). The predicted octanol–water partition coefficient (Wildman–Crippen LogP) is 4.85. The zero-order valence-corrected chi connectivity index (χ0v) is 17.8. The summed E-state index contributed by atoms with van der Waals surface area (Å²) in [5, 5.41) is 4.12. The van der Waals surface area contributed by atoms with E-state index in [9.17, 15) is 4.79 Å². The van der Waals surface area contributed by atoms with E-state index >= 15 is 0 Å². The van der Waals surface area contributed by atoms with Gasteiger partial charge in [-0.05, 0) is 50.2 Å². The van der Waals surface area contributed by atoms with Crippen molar-refractivity contribution in [1.29, 1.82) is 0 Å². The van der Waals surface area contributed by atoms with Crippen molar-refractivity contribution >= 4 is 53.9 Å². The average molecular weight is 453 g/mol. The van der Waals surface area contributed by atoms with Crippen molar-refractivity contribution in [3.8, 4) is 11.6 Å². The van der Waals surface area contributed by atoms with Gasteiger partial charge in [0.2, 0.25) is 5.88 Å². The van der Waals surface area contributed by atoms with E-state index < -0.39 is 0 Å². The Hall–Kier alpha value is -1.24. The van der Waals surface area contributed by atoms with Gasteiger partial charge in [-0.2, -0.15) is 0 Å². The second kappa shape index (κ2) is 10.9. The fourth-order valence-electron chi connectivity index (χ4n) is 2.86. The lowest BCUT2D eigenvalue weighted by Gasteiger charge is -2.32. The van der Waals surface area contributed by atoms with E-state index in [0.29, 0.717) is 33.9 Å². The summed E-state index contributed by atoms with van der Waals surface area (Å²) in [6.45, 7) is 1.40. The highest BCUT2D eigenvalue weighted by atomic mass is 35.5. The number of aromatic nitrogens is 1. The van der Waals surface area contributed by atoms with Crippen LogP contribution in [0.3, 0.4) is 0 Å². The van der Waals surface area contributed by atoms with Gasteiger partial charge in [-0.1, -0.05) is 23.2 Å². The second-order valence-corrected chi connectivity index (χ2v) is 6.76. The molecule has 0 saturated carbocycles. The summed E-state index contributed by atoms with van der Waals surface area (Å²) in [7, 11) is 1.92. The minimum atomic E-state index is -0.0897. The third-order valence-electron chi connectivity index (χ3n) is 4.22. The Labute approximate surface area is 181 Å². The lowest BCUT2D eigenvalue weighted by Crippen LogP contribution is -2.47. The molecule has 1 aliphatic heterocycles. The molecule has 1 aromatic carbocycles. The van der Waals surface area contributed by atoms with Crippen molar-refractivity contribution in [3.05, 3.63) is 52.1 Å². The van der Waals surface area contributed by atoms with Crippen molar-refractivity contribution in [2.24, 2.45) is 0 Å². The molecule has 2 aromatic rings. The zero-order valence-electron chi connectivity index (χ0n) is 14.7. The van der Waals surface area contributed by atoms with Crippen LogP contribution in [-0.2, 0) is 0 Å². The number of benzene rings is 1. The Morgan fingerprint density at radius 2 is 2.07 bits per heavy atom. The van der Waals surface area contributed by atoms with Gasteiger partial charge in [-0.3, -0.25) is 4.79 Å². The van der Waals surface area contributed by atoms with Crippen molar-refractivity contribution in [2.75, 3.05) is 20.1 Å². The first-order valence-corrected chi connectivity index (χ1v) is 8.88. The van der Waals surface area contributed by atoms with E-state index in [0.717, 1.165) is 19.4 Å². The molecule has 1 fully saturated rings. The maximum atomic E-state index is 12.9. The summed E-state index contributed by atoms with van der Waals surface area (Å²) in [5.74, 6) is 0.557. The summed E-state index contributed by atoms with van der Waals surface area (Å²) in [6.07, 6.45) is 3.62. The van der Waals surface area contributed by atoms with Crippen molar-refractivity contribution in [3.63, 3.8) is 0 Å². The molecule has 0 aliphatic carbocycles. The fraction of sp³-hybridized carbons (Fsp3) is 0.333. The van der Waals surface area contributed by atoms with Gasteiger partial charge in [0.05, 0.1) is 5.02 Å². The summed E-state index contributed by atoms with van der Waals surface area (Å²) in [6, 6.07) is 8.68. The number of nitrogens with one attached hydrogen (secondary N) is 1. The van der Waals surface area contributed by atoms with Gasteiger partial charge in [0.15, 0.2) is 0 Å². The summed E-state index contributed by atoms with van der Waals surface area (Å²) >= 11 is 12.1. The van der Waals surface area contributed by atoms with E-state index in [1.807, 2.05) is 11.9 Å². The number of halogens is 4. The second-order valence-electron chi connectivity index (χ2n) is 5.91. The Bertz CT molecular complexity index is 776. The van der Waals surface area contributed by atoms with Crippen molar-refractivity contribution in [2.45, 2.75) is 18.9 Å². The summed E-state index contributed by atoms with van der Waals surface area (Å²) in [4.78, 5) is 19.0. The number of amides is 1. The standard InChI is InChI=1S/C18H19Cl2N3O2.2ClH/c1-21-13-4-3-9-23(11-13)18(24)14-5-2-8-22-17(14)25-16-7-6-12(19)10-15(16)20;;/h2,5-8,10,13,21H,3-4,9,11H2,1H3;2*1H. The minimum Gasteiger partial charge on any atom is -0.437 e. The van der Waals surface area contributed by atoms with Crippen LogP contribution in [0, 0.1) is 0 Å². The molecular weight excluding hydrogens is 432 g/mol. The molecule has 1 unspecified atom stereocenters. The quantitative estimate of drug-likeness (QED) is 0.720. The van der Waals surface area contributed by atoms with Crippen LogP contribution in [0.5, 0.6) is 11.6 Å². The van der Waals surface area contributed by atoms with E-state index in [-0.39, 0.29) is 36.6 Å². The molecule has 1 aliphatic rings. The van der Waals surface area contributed by atoms with E-state index in [2.05, 4.69) is 10.3 Å². The van der Waals surface area contributed by atoms with Crippen LogP contribution in [-0.4, -0.2) is 42.0 Å². The molecule has 5 nitrogen and oxygen atoms in total. The topological polar surface area (TPSA) is 54.5 Å². The van der Waals surface area contributed by atoms with E-state index in [1.54, 1.807) is 36.5 Å². The zero-order chi connectivity index (χ0) is 17.8. The van der Waals surface area contributed by atoms with Gasteiger partial charge < -0.3 is 15.0 Å². The molecule has 9 heteroatoms. The normalized spacial score (nSPS) is 16.1. The van der Waals surface area contributed by atoms with Crippen LogP contribution in [0.1, 0.15) is 23.2 Å². The number of carbonyl (C=O) groups excluding carboxylic acids is 1. The Morgan fingerprint density at radius 1 is 1.30 bits per heavy atom. The SMILES string of the molecule is CNC1CCCN(C(=O)c2cccnc2Oc2ccc(Cl)cc2Cl)C1.Cl.Cl. The fourth-order valence-corrected chi connectivity index (χ4v) is 3.31. The minimum absolute atomic E-state index is 0. The highest BCUT2D eigenvalue weighted by Gasteiger charge is 2.26. The third-order valence-corrected chi connectivity index (χ3v) is 4.75. The van der Waals surface area contributed by atoms with Crippen LogP contribution in [0.2, 0.25) is 10.0 Å². The predicted molar refractivity (Wildman–Crippen MR) is 113 cm³/mol. The largest absolute Gasteiger partial charge is 0.437 e. The molecule has 27 heavy (non-hydrogen) atoms. The molecule has 148 valence electrons. The van der Waals surface area contributed by atoms with Crippen LogP contribution < -0.4 is 10.1 Å². The number of pyridine rings is 1. The molecular formula is C18H21Cl4N3O2. The first kappa shape index (κ1) is 23.8. The van der Waals surface area contributed by atoms with Crippen molar-refractivity contribution < 1.29 is 9.53 Å². The molecule has 0 bridgehead atoms.